The molecule has 1 heterocycles. The van der Waals surface area contributed by atoms with Crippen LogP contribution in [-0.2, 0) is 16.1 Å². The Hall–Kier alpha value is -3.28. The van der Waals surface area contributed by atoms with Crippen LogP contribution in [-0.4, -0.2) is 40.5 Å². The van der Waals surface area contributed by atoms with E-state index in [1.807, 2.05) is 57.2 Å². The number of hydrogen-bond acceptors (Lipinski definition) is 4. The van der Waals surface area contributed by atoms with Gasteiger partial charge in [-0.3, -0.25) is 4.79 Å². The van der Waals surface area contributed by atoms with Gasteiger partial charge in [0.1, 0.15) is 12.4 Å². The van der Waals surface area contributed by atoms with Crippen molar-refractivity contribution in [3.8, 4) is 5.75 Å². The summed E-state index contributed by atoms with van der Waals surface area (Å²) in [7, 11) is 0. The molecule has 0 saturated carbocycles. The zero-order valence-electron chi connectivity index (χ0n) is 18.8. The largest absolute Gasteiger partial charge is 0.478 e. The molecule has 0 saturated heterocycles. The summed E-state index contributed by atoms with van der Waals surface area (Å²) in [5.74, 6) is 0.0442. The highest BCUT2D eigenvalue weighted by atomic mass is 16.5. The topological polar surface area (TPSA) is 71.6 Å². The van der Waals surface area contributed by atoms with Gasteiger partial charge in [0.15, 0.2) is 5.60 Å². The third kappa shape index (κ3) is 4.90. The first kappa shape index (κ1) is 22.4. The van der Waals surface area contributed by atoms with Crippen molar-refractivity contribution in [1.82, 2.24) is 9.88 Å². The lowest BCUT2D eigenvalue weighted by Gasteiger charge is -2.31. The first-order valence-corrected chi connectivity index (χ1v) is 10.6. The number of carbonyl (C=O) groups is 2. The van der Waals surface area contributed by atoms with E-state index >= 15 is 0 Å². The number of esters is 1. The van der Waals surface area contributed by atoms with Crippen LogP contribution < -0.4 is 4.74 Å². The number of aromatic amines is 1. The summed E-state index contributed by atoms with van der Waals surface area (Å²) >= 11 is 0. The van der Waals surface area contributed by atoms with Gasteiger partial charge in [0.2, 0.25) is 0 Å². The zero-order valence-corrected chi connectivity index (χ0v) is 18.8. The molecule has 0 aliphatic heterocycles. The number of rotatable bonds is 8. The minimum absolute atomic E-state index is 0.0784. The minimum atomic E-state index is -1.03. The van der Waals surface area contributed by atoms with E-state index in [-0.39, 0.29) is 12.5 Å². The molecule has 0 radical (unpaired) electrons. The third-order valence-electron chi connectivity index (χ3n) is 5.31. The smallest absolute Gasteiger partial charge is 0.340 e. The Kier molecular flexibility index (Phi) is 6.68. The number of likely N-dealkylation sites (N-methyl/N-ethyl adjacent to an activating group) is 1. The van der Waals surface area contributed by atoms with Gasteiger partial charge in [0, 0.05) is 29.7 Å². The Morgan fingerprint density at radius 3 is 2.35 bits per heavy atom. The lowest BCUT2D eigenvalue weighted by Crippen LogP contribution is -2.48. The van der Waals surface area contributed by atoms with Crippen LogP contribution in [0.25, 0.3) is 10.9 Å². The van der Waals surface area contributed by atoms with Crippen molar-refractivity contribution in [2.45, 2.75) is 46.8 Å². The van der Waals surface area contributed by atoms with Crippen LogP contribution in [0.5, 0.6) is 5.75 Å². The number of nitrogens with one attached hydrogen (secondary N) is 1. The van der Waals surface area contributed by atoms with Crippen molar-refractivity contribution in [2.75, 3.05) is 13.1 Å². The molecule has 1 N–H and O–H groups in total. The van der Waals surface area contributed by atoms with Crippen LogP contribution in [0.4, 0.5) is 0 Å². The number of H-pyrrole nitrogens is 1. The van der Waals surface area contributed by atoms with Crippen molar-refractivity contribution in [3.63, 3.8) is 0 Å². The number of nitrogens with zero attached hydrogens (tertiary/aromatic N) is 1. The van der Waals surface area contributed by atoms with Crippen LogP contribution in [0.2, 0.25) is 0 Å². The van der Waals surface area contributed by atoms with Gasteiger partial charge in [-0.15, -0.1) is 0 Å². The summed E-state index contributed by atoms with van der Waals surface area (Å²) in [6, 6.07) is 15.0. The van der Waals surface area contributed by atoms with Crippen LogP contribution >= 0.6 is 0 Å². The van der Waals surface area contributed by atoms with Gasteiger partial charge >= 0.3 is 5.97 Å². The summed E-state index contributed by atoms with van der Waals surface area (Å²) in [5.41, 5.74) is 1.91. The fourth-order valence-corrected chi connectivity index (χ4v) is 3.66. The molecular weight excluding hydrogens is 392 g/mol. The van der Waals surface area contributed by atoms with Crippen LogP contribution in [0.15, 0.2) is 48.5 Å². The molecule has 6 nitrogen and oxygen atoms in total. The molecule has 0 spiro atoms. The molecule has 0 atom stereocenters. The molecule has 31 heavy (non-hydrogen) atoms. The van der Waals surface area contributed by atoms with Crippen molar-refractivity contribution in [1.29, 1.82) is 0 Å². The van der Waals surface area contributed by atoms with Crippen molar-refractivity contribution >= 4 is 22.8 Å². The van der Waals surface area contributed by atoms with Gasteiger partial charge < -0.3 is 19.4 Å². The van der Waals surface area contributed by atoms with Crippen LogP contribution in [0.3, 0.4) is 0 Å². The van der Waals surface area contributed by atoms with E-state index in [1.54, 1.807) is 30.9 Å². The monoisotopic (exact) mass is 422 g/mol. The molecular formula is C25H30N2O4. The Morgan fingerprint density at radius 2 is 1.71 bits per heavy atom. The van der Waals surface area contributed by atoms with E-state index in [1.165, 1.54) is 0 Å². The number of ether oxygens (including phenoxy) is 2. The van der Waals surface area contributed by atoms with Gasteiger partial charge in [-0.05, 0) is 58.4 Å². The molecule has 1 amide bonds. The fourth-order valence-electron chi connectivity index (χ4n) is 3.66. The maximum Gasteiger partial charge on any atom is 0.340 e. The van der Waals surface area contributed by atoms with Gasteiger partial charge in [0.25, 0.3) is 5.91 Å². The number of carbonyl (C=O) groups excluding carboxylic acids is 2. The summed E-state index contributed by atoms with van der Waals surface area (Å²) in [6.45, 7) is 10.7. The Labute approximate surface area is 183 Å². The molecule has 0 aliphatic rings. The second-order valence-corrected chi connectivity index (χ2v) is 7.98. The van der Waals surface area contributed by atoms with Crippen LogP contribution in [0.1, 0.15) is 49.3 Å². The maximum absolute atomic E-state index is 12.8. The molecule has 0 unspecified atom stereocenters. The number of fused-ring (bicyclic) bond motifs is 1. The van der Waals surface area contributed by atoms with E-state index in [0.717, 1.165) is 16.8 Å². The zero-order chi connectivity index (χ0) is 22.6. The minimum Gasteiger partial charge on any atom is -0.478 e. The average Bonchev–Trinajstić information content (AvgIpc) is 3.08. The van der Waals surface area contributed by atoms with Gasteiger partial charge in [-0.25, -0.2) is 4.79 Å². The summed E-state index contributed by atoms with van der Waals surface area (Å²) in [6.07, 6.45) is 0. The summed E-state index contributed by atoms with van der Waals surface area (Å²) < 4.78 is 11.6. The number of hydrogen-bond donors (Lipinski definition) is 1. The number of aryl methyl sites for hydroxylation is 1. The first-order chi connectivity index (χ1) is 14.8. The van der Waals surface area contributed by atoms with Gasteiger partial charge in [0.05, 0.1) is 5.56 Å². The lowest BCUT2D eigenvalue weighted by atomic mass is 10.1. The number of benzene rings is 2. The van der Waals surface area contributed by atoms with E-state index in [9.17, 15) is 9.59 Å². The lowest BCUT2D eigenvalue weighted by molar-refractivity contribution is -0.145. The quantitative estimate of drug-likeness (QED) is 0.526. The SMILES string of the molecule is CCN(CC)C(=O)C(C)(C)Oc1ccc2[nH]c(C)c(C(=O)OCc3ccccc3)c2c1. The highest BCUT2D eigenvalue weighted by Gasteiger charge is 2.33. The average molecular weight is 423 g/mol. The number of aromatic nitrogens is 1. The van der Waals surface area contributed by atoms with E-state index in [0.29, 0.717) is 29.8 Å². The predicted molar refractivity (Wildman–Crippen MR) is 121 cm³/mol. The predicted octanol–water partition coefficient (Wildman–Crippen LogP) is 4.86. The van der Waals surface area contributed by atoms with Crippen molar-refractivity contribution in [3.05, 3.63) is 65.4 Å². The maximum atomic E-state index is 12.8. The van der Waals surface area contributed by atoms with E-state index < -0.39 is 11.6 Å². The normalized spacial score (nSPS) is 11.4. The Morgan fingerprint density at radius 1 is 1.03 bits per heavy atom. The van der Waals surface area contributed by atoms with E-state index in [2.05, 4.69) is 4.98 Å². The standard InChI is InChI=1S/C25H30N2O4/c1-6-27(7-2)24(29)25(4,5)31-19-13-14-21-20(15-19)22(17(3)26-21)23(28)30-16-18-11-9-8-10-12-18/h8-15,26H,6-7,16H2,1-5H3. The van der Waals surface area contributed by atoms with E-state index in [4.69, 9.17) is 9.47 Å². The molecule has 1 aromatic heterocycles. The summed E-state index contributed by atoms with van der Waals surface area (Å²) in [5, 5.41) is 0.708. The Balaban J connectivity index is 1.84. The number of amides is 1. The molecule has 3 aromatic rings. The van der Waals surface area contributed by atoms with Crippen molar-refractivity contribution in [2.24, 2.45) is 0 Å². The molecule has 2 aromatic carbocycles. The summed E-state index contributed by atoms with van der Waals surface area (Å²) in [4.78, 5) is 30.6. The molecule has 164 valence electrons. The van der Waals surface area contributed by atoms with Crippen LogP contribution in [0, 0.1) is 6.92 Å². The fraction of sp³-hybridized carbons (Fsp3) is 0.360. The second-order valence-electron chi connectivity index (χ2n) is 7.98. The molecule has 0 aliphatic carbocycles. The highest BCUT2D eigenvalue weighted by Crippen LogP contribution is 2.29. The molecule has 6 heteroatoms. The first-order valence-electron chi connectivity index (χ1n) is 10.6. The molecule has 0 fully saturated rings. The molecule has 3 rings (SSSR count). The van der Waals surface area contributed by atoms with Gasteiger partial charge in [-0.1, -0.05) is 30.3 Å². The Bertz CT molecular complexity index is 1070. The molecule has 0 bridgehead atoms. The van der Waals surface area contributed by atoms with Gasteiger partial charge in [-0.2, -0.15) is 0 Å². The van der Waals surface area contributed by atoms with Crippen molar-refractivity contribution < 1.29 is 19.1 Å². The second kappa shape index (κ2) is 9.25. The highest BCUT2D eigenvalue weighted by molar-refractivity contribution is 6.06. The third-order valence-corrected chi connectivity index (χ3v) is 5.31.